The summed E-state index contributed by atoms with van der Waals surface area (Å²) in [5.41, 5.74) is 7.26. The molecule has 3 rings (SSSR count). The highest BCUT2D eigenvalue weighted by molar-refractivity contribution is 5.94. The molecule has 2 amide bonds. The van der Waals surface area contributed by atoms with Gasteiger partial charge in [0.2, 0.25) is 0 Å². The van der Waals surface area contributed by atoms with Crippen LogP contribution in [0.15, 0.2) is 42.9 Å². The van der Waals surface area contributed by atoms with Crippen LogP contribution in [0, 0.1) is 12.7 Å². The number of pyridine rings is 2. The molecule has 0 radical (unpaired) electrons. The van der Waals surface area contributed by atoms with Gasteiger partial charge in [-0.1, -0.05) is 6.07 Å². The summed E-state index contributed by atoms with van der Waals surface area (Å²) in [5, 5.41) is 4.19. The second-order valence-electron chi connectivity index (χ2n) is 4.93. The standard InChI is InChI=1S/C16H13FN4O/c1-9-4-10(12-2-3-19-8-14(12)17)5-11-6-15(21-16(18)22)20-7-13(9)11/h2-8H,1H3,(H3,18,20,21,22). The van der Waals surface area contributed by atoms with Crippen molar-refractivity contribution in [1.29, 1.82) is 0 Å². The summed E-state index contributed by atoms with van der Waals surface area (Å²) in [5.74, 6) is -0.0301. The Bertz CT molecular complexity index is 879. The molecule has 0 fully saturated rings. The zero-order valence-electron chi connectivity index (χ0n) is 11.8. The molecule has 3 aromatic rings. The summed E-state index contributed by atoms with van der Waals surface area (Å²) in [6, 6.07) is 6.38. The molecule has 2 aromatic heterocycles. The summed E-state index contributed by atoms with van der Waals surface area (Å²) in [6.45, 7) is 1.92. The van der Waals surface area contributed by atoms with E-state index in [4.69, 9.17) is 5.73 Å². The summed E-state index contributed by atoms with van der Waals surface area (Å²) >= 11 is 0. The van der Waals surface area contributed by atoms with E-state index in [1.165, 1.54) is 6.20 Å². The third-order valence-corrected chi connectivity index (χ3v) is 3.38. The number of carbonyl (C=O) groups excluding carboxylic acids is 1. The molecule has 1 aromatic carbocycles. The van der Waals surface area contributed by atoms with Gasteiger partial charge in [-0.15, -0.1) is 0 Å². The van der Waals surface area contributed by atoms with Gasteiger partial charge >= 0.3 is 6.03 Å². The maximum Gasteiger partial charge on any atom is 0.317 e. The molecule has 0 aliphatic heterocycles. The number of rotatable bonds is 2. The molecular formula is C16H13FN4O. The van der Waals surface area contributed by atoms with Crippen molar-refractivity contribution >= 4 is 22.6 Å². The van der Waals surface area contributed by atoms with Crippen molar-refractivity contribution < 1.29 is 9.18 Å². The van der Waals surface area contributed by atoms with Crippen molar-refractivity contribution in [2.45, 2.75) is 6.92 Å². The average Bonchev–Trinajstić information content (AvgIpc) is 2.46. The Morgan fingerprint density at radius 3 is 2.82 bits per heavy atom. The van der Waals surface area contributed by atoms with E-state index in [1.54, 1.807) is 24.5 Å². The predicted molar refractivity (Wildman–Crippen MR) is 82.9 cm³/mol. The van der Waals surface area contributed by atoms with Gasteiger partial charge in [0.05, 0.1) is 6.20 Å². The van der Waals surface area contributed by atoms with E-state index in [0.717, 1.165) is 21.9 Å². The van der Waals surface area contributed by atoms with Crippen molar-refractivity contribution in [2.75, 3.05) is 5.32 Å². The first-order valence-corrected chi connectivity index (χ1v) is 6.61. The van der Waals surface area contributed by atoms with E-state index in [2.05, 4.69) is 15.3 Å². The lowest BCUT2D eigenvalue weighted by Gasteiger charge is -2.09. The Morgan fingerprint density at radius 2 is 2.09 bits per heavy atom. The number of nitrogens with two attached hydrogens (primary N) is 1. The fourth-order valence-electron chi connectivity index (χ4n) is 2.40. The minimum atomic E-state index is -0.681. The van der Waals surface area contributed by atoms with Crippen molar-refractivity contribution in [1.82, 2.24) is 9.97 Å². The monoisotopic (exact) mass is 296 g/mol. The van der Waals surface area contributed by atoms with Crippen LogP contribution >= 0.6 is 0 Å². The second kappa shape index (κ2) is 5.40. The molecule has 0 spiro atoms. The molecule has 22 heavy (non-hydrogen) atoms. The van der Waals surface area contributed by atoms with Crippen molar-refractivity contribution in [2.24, 2.45) is 5.73 Å². The second-order valence-corrected chi connectivity index (χ2v) is 4.93. The van der Waals surface area contributed by atoms with Gasteiger partial charge in [0.25, 0.3) is 0 Å². The number of nitrogens with zero attached hydrogens (tertiary/aromatic N) is 2. The largest absolute Gasteiger partial charge is 0.351 e. The number of fused-ring (bicyclic) bond motifs is 1. The lowest BCUT2D eigenvalue weighted by atomic mass is 9.99. The van der Waals surface area contributed by atoms with E-state index in [0.29, 0.717) is 11.4 Å². The summed E-state index contributed by atoms with van der Waals surface area (Å²) in [4.78, 5) is 18.8. The van der Waals surface area contributed by atoms with Crippen LogP contribution < -0.4 is 11.1 Å². The van der Waals surface area contributed by atoms with Crippen LogP contribution in [-0.2, 0) is 0 Å². The zero-order valence-corrected chi connectivity index (χ0v) is 11.8. The lowest BCUT2D eigenvalue weighted by Crippen LogP contribution is -2.19. The lowest BCUT2D eigenvalue weighted by molar-refractivity contribution is 0.259. The number of hydrogen-bond donors (Lipinski definition) is 2. The summed E-state index contributed by atoms with van der Waals surface area (Å²) in [7, 11) is 0. The molecule has 0 aliphatic rings. The Kier molecular flexibility index (Phi) is 3.42. The maximum absolute atomic E-state index is 13.9. The number of aromatic nitrogens is 2. The molecule has 0 unspecified atom stereocenters. The Hall–Kier alpha value is -3.02. The molecule has 0 bridgehead atoms. The molecule has 0 aliphatic carbocycles. The van der Waals surface area contributed by atoms with Crippen LogP contribution in [0.1, 0.15) is 5.56 Å². The molecule has 0 atom stereocenters. The molecule has 6 heteroatoms. The maximum atomic E-state index is 13.9. The van der Waals surface area contributed by atoms with Crippen molar-refractivity contribution in [3.8, 4) is 11.1 Å². The van der Waals surface area contributed by atoms with Gasteiger partial charge < -0.3 is 5.73 Å². The summed E-state index contributed by atoms with van der Waals surface area (Å²) in [6.07, 6.45) is 4.38. The first-order valence-electron chi connectivity index (χ1n) is 6.61. The van der Waals surface area contributed by atoms with E-state index in [1.807, 2.05) is 19.1 Å². The minimum Gasteiger partial charge on any atom is -0.351 e. The van der Waals surface area contributed by atoms with Gasteiger partial charge in [0.1, 0.15) is 11.6 Å². The van der Waals surface area contributed by atoms with Gasteiger partial charge in [-0.3, -0.25) is 10.3 Å². The first-order chi connectivity index (χ1) is 10.5. The van der Waals surface area contributed by atoms with Crippen LogP contribution in [0.5, 0.6) is 0 Å². The van der Waals surface area contributed by atoms with Crippen LogP contribution in [0.4, 0.5) is 15.0 Å². The highest BCUT2D eigenvalue weighted by atomic mass is 19.1. The smallest absolute Gasteiger partial charge is 0.317 e. The van der Waals surface area contributed by atoms with Crippen LogP contribution in [-0.4, -0.2) is 16.0 Å². The molecule has 2 heterocycles. The molecule has 3 N–H and O–H groups in total. The highest BCUT2D eigenvalue weighted by Crippen LogP contribution is 2.29. The van der Waals surface area contributed by atoms with E-state index >= 15 is 0 Å². The van der Waals surface area contributed by atoms with Crippen LogP contribution in [0.3, 0.4) is 0 Å². The van der Waals surface area contributed by atoms with Crippen molar-refractivity contribution in [3.05, 3.63) is 54.2 Å². The van der Waals surface area contributed by atoms with E-state index in [9.17, 15) is 9.18 Å². The third-order valence-electron chi connectivity index (χ3n) is 3.38. The van der Waals surface area contributed by atoms with Gasteiger partial charge in [0.15, 0.2) is 0 Å². The minimum absolute atomic E-state index is 0.353. The normalized spacial score (nSPS) is 10.6. The summed E-state index contributed by atoms with van der Waals surface area (Å²) < 4.78 is 13.9. The average molecular weight is 296 g/mol. The van der Waals surface area contributed by atoms with Gasteiger partial charge in [0, 0.05) is 23.3 Å². The zero-order chi connectivity index (χ0) is 15.7. The number of halogens is 1. The molecular weight excluding hydrogens is 283 g/mol. The van der Waals surface area contributed by atoms with Gasteiger partial charge in [-0.2, -0.15) is 0 Å². The van der Waals surface area contributed by atoms with Crippen molar-refractivity contribution in [3.63, 3.8) is 0 Å². The number of aryl methyl sites for hydroxylation is 1. The first kappa shape index (κ1) is 13.9. The molecule has 0 saturated heterocycles. The number of anilines is 1. The number of hydrogen-bond acceptors (Lipinski definition) is 3. The van der Waals surface area contributed by atoms with Crippen LogP contribution in [0.25, 0.3) is 21.9 Å². The topological polar surface area (TPSA) is 80.9 Å². The number of primary amides is 1. The Morgan fingerprint density at radius 1 is 1.27 bits per heavy atom. The number of urea groups is 1. The predicted octanol–water partition coefficient (Wildman–Crippen LogP) is 3.23. The Labute approximate surface area is 126 Å². The van der Waals surface area contributed by atoms with Gasteiger partial charge in [-0.25, -0.2) is 14.2 Å². The quantitative estimate of drug-likeness (QED) is 0.761. The number of carbonyl (C=O) groups is 1. The fraction of sp³-hybridized carbons (Fsp3) is 0.0625. The molecule has 5 nitrogen and oxygen atoms in total. The number of amides is 2. The van der Waals surface area contributed by atoms with Gasteiger partial charge in [-0.05, 0) is 41.6 Å². The fourth-order valence-corrected chi connectivity index (χ4v) is 2.40. The van der Waals surface area contributed by atoms with E-state index in [-0.39, 0.29) is 5.82 Å². The van der Waals surface area contributed by atoms with E-state index < -0.39 is 6.03 Å². The number of benzene rings is 1. The SMILES string of the molecule is Cc1cc(-c2ccncc2F)cc2cc(NC(N)=O)ncc12. The Balaban J connectivity index is 2.17. The number of nitrogens with one attached hydrogen (secondary N) is 1. The molecule has 110 valence electrons. The highest BCUT2D eigenvalue weighted by Gasteiger charge is 2.09. The third kappa shape index (κ3) is 2.58. The molecule has 0 saturated carbocycles. The van der Waals surface area contributed by atoms with Crippen LogP contribution in [0.2, 0.25) is 0 Å².